The summed E-state index contributed by atoms with van der Waals surface area (Å²) >= 11 is 4.94. The summed E-state index contributed by atoms with van der Waals surface area (Å²) in [5.74, 6) is 1.17. The van der Waals surface area contributed by atoms with Crippen molar-refractivity contribution in [1.82, 2.24) is 19.5 Å². The molecule has 35 heavy (non-hydrogen) atoms. The minimum atomic E-state index is -0.0208. The van der Waals surface area contributed by atoms with E-state index in [0.29, 0.717) is 11.6 Å². The molecule has 4 heterocycles. The molecule has 1 saturated carbocycles. The first-order valence-electron chi connectivity index (χ1n) is 12.9. The first-order chi connectivity index (χ1) is 17.2. The quantitative estimate of drug-likeness (QED) is 0.265. The van der Waals surface area contributed by atoms with Gasteiger partial charge in [-0.3, -0.25) is 14.2 Å². The number of thiophene rings is 2. The van der Waals surface area contributed by atoms with Crippen LogP contribution in [0.2, 0.25) is 0 Å². The Balaban J connectivity index is 1.28. The molecule has 3 aliphatic carbocycles. The third kappa shape index (κ3) is 3.73. The van der Waals surface area contributed by atoms with Crippen LogP contribution in [0.3, 0.4) is 0 Å². The van der Waals surface area contributed by atoms with Crippen molar-refractivity contribution in [2.45, 2.75) is 94.0 Å². The average Bonchev–Trinajstić information content (AvgIpc) is 3.59. The van der Waals surface area contributed by atoms with E-state index < -0.39 is 0 Å². The molecule has 0 saturated heterocycles. The van der Waals surface area contributed by atoms with Crippen LogP contribution in [-0.4, -0.2) is 19.5 Å². The van der Waals surface area contributed by atoms with Gasteiger partial charge in [0.15, 0.2) is 5.16 Å². The van der Waals surface area contributed by atoms with Gasteiger partial charge in [-0.15, -0.1) is 22.7 Å². The topological polar surface area (TPSA) is 80.6 Å². The molecule has 1 fully saturated rings. The van der Waals surface area contributed by atoms with Gasteiger partial charge in [0.1, 0.15) is 15.5 Å². The van der Waals surface area contributed by atoms with E-state index in [1.807, 2.05) is 4.57 Å². The highest BCUT2D eigenvalue weighted by molar-refractivity contribution is 7.98. The summed E-state index contributed by atoms with van der Waals surface area (Å²) in [5.41, 5.74) is 2.60. The maximum Gasteiger partial charge on any atom is 0.263 e. The first kappa shape index (κ1) is 22.2. The summed E-state index contributed by atoms with van der Waals surface area (Å²) < 4.78 is 1.99. The van der Waals surface area contributed by atoms with Crippen molar-refractivity contribution >= 4 is 54.9 Å². The SMILES string of the molecule is O=c1[nH]c(CSc2nc3sc4c(c3c(=O)n2C2CCCC2)CCCC4)nc2sc3c(c12)CCCC3. The van der Waals surface area contributed by atoms with Crippen LogP contribution < -0.4 is 11.1 Å². The summed E-state index contributed by atoms with van der Waals surface area (Å²) in [6.07, 6.45) is 13.2. The van der Waals surface area contributed by atoms with E-state index >= 15 is 0 Å². The molecule has 7 rings (SSSR count). The van der Waals surface area contributed by atoms with E-state index in [1.165, 1.54) is 33.7 Å². The number of thioether (sulfide) groups is 1. The number of aromatic nitrogens is 4. The number of hydrogen-bond donors (Lipinski definition) is 1. The van der Waals surface area contributed by atoms with Gasteiger partial charge in [-0.1, -0.05) is 24.6 Å². The number of H-pyrrole nitrogens is 1. The lowest BCUT2D eigenvalue weighted by molar-refractivity contribution is 0.457. The lowest BCUT2D eigenvalue weighted by Crippen LogP contribution is -2.26. The molecule has 4 aromatic heterocycles. The van der Waals surface area contributed by atoms with Crippen molar-refractivity contribution in [3.63, 3.8) is 0 Å². The van der Waals surface area contributed by atoms with E-state index in [0.717, 1.165) is 89.8 Å². The third-order valence-electron chi connectivity index (χ3n) is 7.89. The number of nitrogens with zero attached hydrogens (tertiary/aromatic N) is 3. The first-order valence-corrected chi connectivity index (χ1v) is 15.5. The maximum atomic E-state index is 13.9. The summed E-state index contributed by atoms with van der Waals surface area (Å²) in [4.78, 5) is 44.3. The van der Waals surface area contributed by atoms with E-state index in [-0.39, 0.29) is 17.2 Å². The summed E-state index contributed by atoms with van der Waals surface area (Å²) in [6.45, 7) is 0. The Morgan fingerprint density at radius 2 is 1.46 bits per heavy atom. The van der Waals surface area contributed by atoms with Crippen molar-refractivity contribution in [3.05, 3.63) is 47.4 Å². The van der Waals surface area contributed by atoms with Crippen LogP contribution in [-0.2, 0) is 31.4 Å². The third-order valence-corrected chi connectivity index (χ3v) is 11.2. The van der Waals surface area contributed by atoms with Crippen molar-refractivity contribution in [2.75, 3.05) is 0 Å². The molecule has 4 aromatic rings. The minimum Gasteiger partial charge on any atom is -0.309 e. The number of hydrogen-bond acceptors (Lipinski definition) is 7. The van der Waals surface area contributed by atoms with Gasteiger partial charge in [0, 0.05) is 15.8 Å². The summed E-state index contributed by atoms with van der Waals surface area (Å²) in [7, 11) is 0. The number of aryl methyl sites for hydroxylation is 4. The molecular formula is C26H28N4O2S3. The van der Waals surface area contributed by atoms with Crippen LogP contribution in [0, 0.1) is 0 Å². The van der Waals surface area contributed by atoms with Crippen molar-refractivity contribution in [1.29, 1.82) is 0 Å². The van der Waals surface area contributed by atoms with Gasteiger partial charge in [-0.25, -0.2) is 9.97 Å². The van der Waals surface area contributed by atoms with Crippen molar-refractivity contribution in [2.24, 2.45) is 0 Å². The number of rotatable bonds is 4. The number of fused-ring (bicyclic) bond motifs is 6. The predicted molar refractivity (Wildman–Crippen MR) is 144 cm³/mol. The smallest absolute Gasteiger partial charge is 0.263 e. The molecule has 9 heteroatoms. The van der Waals surface area contributed by atoms with Crippen LogP contribution in [0.25, 0.3) is 20.4 Å². The molecule has 0 atom stereocenters. The minimum absolute atomic E-state index is 0.0208. The predicted octanol–water partition coefficient (Wildman–Crippen LogP) is 5.92. The second-order valence-electron chi connectivity index (χ2n) is 10.1. The Morgan fingerprint density at radius 1 is 0.829 bits per heavy atom. The maximum absolute atomic E-state index is 13.9. The van der Waals surface area contributed by atoms with E-state index in [9.17, 15) is 9.59 Å². The molecule has 0 radical (unpaired) electrons. The largest absolute Gasteiger partial charge is 0.309 e. The van der Waals surface area contributed by atoms with Crippen LogP contribution in [0.1, 0.15) is 84.1 Å². The fraction of sp³-hybridized carbons (Fsp3) is 0.538. The molecule has 3 aliphatic rings. The standard InChI is InChI=1S/C26H28N4O2S3/c31-22-20-15-9-3-5-11-17(15)34-23(20)28-19(27-22)13-33-26-29-24-21(16-10-4-6-12-18(16)35-24)25(32)30(26)14-7-1-2-8-14/h14H,1-13H2,(H,27,28,31). The van der Waals surface area contributed by atoms with Gasteiger partial charge in [0.25, 0.3) is 11.1 Å². The monoisotopic (exact) mass is 524 g/mol. The van der Waals surface area contributed by atoms with Gasteiger partial charge in [-0.05, 0) is 75.3 Å². The Hall–Kier alpha value is -1.97. The molecule has 0 bridgehead atoms. The summed E-state index contributed by atoms with van der Waals surface area (Å²) in [6, 6.07) is 0.222. The molecule has 0 aromatic carbocycles. The zero-order valence-corrected chi connectivity index (χ0v) is 22.1. The van der Waals surface area contributed by atoms with Gasteiger partial charge in [-0.2, -0.15) is 0 Å². The second-order valence-corrected chi connectivity index (χ2v) is 13.2. The van der Waals surface area contributed by atoms with Gasteiger partial charge >= 0.3 is 0 Å². The van der Waals surface area contributed by atoms with E-state index in [1.54, 1.807) is 34.4 Å². The second kappa shape index (κ2) is 8.85. The molecule has 0 aliphatic heterocycles. The van der Waals surface area contributed by atoms with Gasteiger partial charge in [0.05, 0.1) is 16.5 Å². The van der Waals surface area contributed by atoms with E-state index in [2.05, 4.69) is 4.98 Å². The Labute approximate surface area is 215 Å². The number of nitrogens with one attached hydrogen (secondary N) is 1. The lowest BCUT2D eigenvalue weighted by Gasteiger charge is -2.18. The molecule has 182 valence electrons. The van der Waals surface area contributed by atoms with Crippen LogP contribution in [0.4, 0.5) is 0 Å². The lowest BCUT2D eigenvalue weighted by atomic mass is 9.97. The fourth-order valence-corrected chi connectivity index (χ4v) is 9.71. The van der Waals surface area contributed by atoms with Gasteiger partial charge in [0.2, 0.25) is 0 Å². The molecule has 1 N–H and O–H groups in total. The zero-order valence-electron chi connectivity index (χ0n) is 19.7. The highest BCUT2D eigenvalue weighted by atomic mass is 32.2. The van der Waals surface area contributed by atoms with Crippen molar-refractivity contribution in [3.8, 4) is 0 Å². The fourth-order valence-electron chi connectivity index (χ4n) is 6.19. The average molecular weight is 525 g/mol. The Morgan fingerprint density at radius 3 is 2.17 bits per heavy atom. The highest BCUT2D eigenvalue weighted by Gasteiger charge is 2.27. The van der Waals surface area contributed by atoms with Crippen LogP contribution >= 0.6 is 34.4 Å². The molecule has 0 spiro atoms. The molecule has 0 unspecified atom stereocenters. The highest BCUT2D eigenvalue weighted by Crippen LogP contribution is 2.38. The molecular weight excluding hydrogens is 497 g/mol. The molecule has 0 amide bonds. The number of aromatic amines is 1. The van der Waals surface area contributed by atoms with Crippen LogP contribution in [0.5, 0.6) is 0 Å². The Kier molecular flexibility index (Phi) is 5.63. The summed E-state index contributed by atoms with van der Waals surface area (Å²) in [5, 5.41) is 2.45. The van der Waals surface area contributed by atoms with Crippen LogP contribution in [0.15, 0.2) is 14.7 Å². The normalized spacial score (nSPS) is 18.4. The molecule has 6 nitrogen and oxygen atoms in total. The Bertz CT molecular complexity index is 1570. The zero-order chi connectivity index (χ0) is 23.5. The van der Waals surface area contributed by atoms with E-state index in [4.69, 9.17) is 9.97 Å². The van der Waals surface area contributed by atoms with Gasteiger partial charge < -0.3 is 4.98 Å². The van der Waals surface area contributed by atoms with Crippen molar-refractivity contribution < 1.29 is 0 Å².